The number of aryl methyl sites for hydroxylation is 1. The van der Waals surface area contributed by atoms with Crippen molar-refractivity contribution in [3.8, 4) is 0 Å². The molecular formula is C14H22N2. The van der Waals surface area contributed by atoms with Crippen LogP contribution in [0.2, 0.25) is 0 Å². The number of likely N-dealkylation sites (tertiary alicyclic amines) is 1. The molecule has 16 heavy (non-hydrogen) atoms. The van der Waals surface area contributed by atoms with Crippen LogP contribution in [-0.2, 0) is 6.54 Å². The van der Waals surface area contributed by atoms with Crippen LogP contribution in [0.25, 0.3) is 0 Å². The molecule has 0 bridgehead atoms. The van der Waals surface area contributed by atoms with E-state index in [9.17, 15) is 0 Å². The van der Waals surface area contributed by atoms with Crippen molar-refractivity contribution in [2.75, 3.05) is 13.1 Å². The van der Waals surface area contributed by atoms with E-state index in [0.717, 1.165) is 13.1 Å². The molecule has 1 unspecified atom stereocenters. The summed E-state index contributed by atoms with van der Waals surface area (Å²) in [5, 5.41) is 0. The first-order chi connectivity index (χ1) is 7.65. The number of nitrogens with zero attached hydrogens (tertiary/aromatic N) is 1. The van der Waals surface area contributed by atoms with E-state index in [1.54, 1.807) is 0 Å². The molecule has 0 aliphatic carbocycles. The fourth-order valence-electron chi connectivity index (χ4n) is 2.39. The van der Waals surface area contributed by atoms with Crippen LogP contribution in [0.3, 0.4) is 0 Å². The Hall–Kier alpha value is -0.860. The van der Waals surface area contributed by atoms with Crippen molar-refractivity contribution in [1.82, 2.24) is 4.90 Å². The van der Waals surface area contributed by atoms with Gasteiger partial charge in [-0.05, 0) is 38.3 Å². The van der Waals surface area contributed by atoms with Crippen LogP contribution >= 0.6 is 0 Å². The molecule has 0 radical (unpaired) electrons. The van der Waals surface area contributed by atoms with Crippen LogP contribution in [0, 0.1) is 12.8 Å². The van der Waals surface area contributed by atoms with Gasteiger partial charge in [-0.25, -0.2) is 0 Å². The number of benzene rings is 1. The second kappa shape index (κ2) is 4.98. The summed E-state index contributed by atoms with van der Waals surface area (Å²) in [6.45, 7) is 7.68. The van der Waals surface area contributed by atoms with Gasteiger partial charge in [0.25, 0.3) is 0 Å². The molecule has 1 aliphatic rings. The van der Waals surface area contributed by atoms with Crippen molar-refractivity contribution in [3.05, 3.63) is 35.4 Å². The molecule has 0 saturated carbocycles. The van der Waals surface area contributed by atoms with E-state index in [0.29, 0.717) is 12.0 Å². The summed E-state index contributed by atoms with van der Waals surface area (Å²) in [4.78, 5) is 2.51. The van der Waals surface area contributed by atoms with Crippen molar-refractivity contribution in [2.24, 2.45) is 11.7 Å². The van der Waals surface area contributed by atoms with Crippen molar-refractivity contribution in [1.29, 1.82) is 0 Å². The SMILES string of the molecule is Cc1ccc(CN2CC[C@@H](C(C)N)C2)cc1. The molecule has 1 heterocycles. The zero-order valence-electron chi connectivity index (χ0n) is 10.3. The second-order valence-corrected chi connectivity index (χ2v) is 5.13. The monoisotopic (exact) mass is 218 g/mol. The molecule has 1 saturated heterocycles. The molecule has 1 aromatic carbocycles. The average Bonchev–Trinajstić information content (AvgIpc) is 2.70. The lowest BCUT2D eigenvalue weighted by molar-refractivity contribution is 0.308. The molecule has 1 aromatic rings. The Morgan fingerprint density at radius 2 is 2.06 bits per heavy atom. The van der Waals surface area contributed by atoms with Gasteiger partial charge in [0.15, 0.2) is 0 Å². The quantitative estimate of drug-likeness (QED) is 0.842. The highest BCUT2D eigenvalue weighted by Crippen LogP contribution is 2.20. The standard InChI is InChI=1S/C14H22N2/c1-11-3-5-13(6-4-11)9-16-8-7-14(10-16)12(2)15/h3-6,12,14H,7-10,15H2,1-2H3/t12?,14-/m1/s1. The largest absolute Gasteiger partial charge is 0.328 e. The zero-order chi connectivity index (χ0) is 11.5. The molecule has 88 valence electrons. The predicted octanol–water partition coefficient (Wildman–Crippen LogP) is 2.16. The first kappa shape index (κ1) is 11.6. The van der Waals surface area contributed by atoms with E-state index in [1.807, 2.05) is 0 Å². The van der Waals surface area contributed by atoms with Gasteiger partial charge in [0, 0.05) is 19.1 Å². The Kier molecular flexibility index (Phi) is 3.62. The smallest absolute Gasteiger partial charge is 0.0233 e. The molecule has 0 aromatic heterocycles. The molecule has 2 rings (SSSR count). The fourth-order valence-corrected chi connectivity index (χ4v) is 2.39. The third-order valence-corrected chi connectivity index (χ3v) is 3.58. The first-order valence-corrected chi connectivity index (χ1v) is 6.18. The third-order valence-electron chi connectivity index (χ3n) is 3.58. The lowest BCUT2D eigenvalue weighted by atomic mass is 10.0. The van der Waals surface area contributed by atoms with Gasteiger partial charge in [0.1, 0.15) is 0 Å². The van der Waals surface area contributed by atoms with Gasteiger partial charge in [-0.3, -0.25) is 4.90 Å². The third kappa shape index (κ3) is 2.83. The summed E-state index contributed by atoms with van der Waals surface area (Å²) in [6.07, 6.45) is 1.25. The molecule has 0 spiro atoms. The Labute approximate surface area is 98.4 Å². The van der Waals surface area contributed by atoms with Gasteiger partial charge in [-0.15, -0.1) is 0 Å². The summed E-state index contributed by atoms with van der Waals surface area (Å²) in [7, 11) is 0. The number of rotatable bonds is 3. The maximum atomic E-state index is 5.95. The summed E-state index contributed by atoms with van der Waals surface area (Å²) >= 11 is 0. The van der Waals surface area contributed by atoms with E-state index >= 15 is 0 Å². The highest BCUT2D eigenvalue weighted by atomic mass is 15.1. The van der Waals surface area contributed by atoms with Crippen LogP contribution in [-0.4, -0.2) is 24.0 Å². The van der Waals surface area contributed by atoms with Crippen LogP contribution in [0.5, 0.6) is 0 Å². The van der Waals surface area contributed by atoms with Gasteiger partial charge < -0.3 is 5.73 Å². The topological polar surface area (TPSA) is 29.3 Å². The lowest BCUT2D eigenvalue weighted by Gasteiger charge is -2.17. The summed E-state index contributed by atoms with van der Waals surface area (Å²) in [6, 6.07) is 9.18. The summed E-state index contributed by atoms with van der Waals surface area (Å²) < 4.78 is 0. The minimum absolute atomic E-state index is 0.336. The zero-order valence-corrected chi connectivity index (χ0v) is 10.3. The van der Waals surface area contributed by atoms with E-state index in [2.05, 4.69) is 43.0 Å². The van der Waals surface area contributed by atoms with E-state index in [1.165, 1.54) is 24.1 Å². The van der Waals surface area contributed by atoms with Gasteiger partial charge in [-0.2, -0.15) is 0 Å². The minimum atomic E-state index is 0.336. The maximum Gasteiger partial charge on any atom is 0.0233 e. The summed E-state index contributed by atoms with van der Waals surface area (Å²) in [5.41, 5.74) is 8.69. The van der Waals surface area contributed by atoms with Gasteiger partial charge in [-0.1, -0.05) is 29.8 Å². The average molecular weight is 218 g/mol. The van der Waals surface area contributed by atoms with E-state index in [4.69, 9.17) is 5.73 Å². The van der Waals surface area contributed by atoms with Gasteiger partial charge >= 0.3 is 0 Å². The molecule has 2 heteroatoms. The van der Waals surface area contributed by atoms with Crippen molar-refractivity contribution >= 4 is 0 Å². The normalized spacial score (nSPS) is 23.6. The molecular weight excluding hydrogens is 196 g/mol. The van der Waals surface area contributed by atoms with Gasteiger partial charge in [0.05, 0.1) is 0 Å². The molecule has 2 nitrogen and oxygen atoms in total. The van der Waals surface area contributed by atoms with Gasteiger partial charge in [0.2, 0.25) is 0 Å². The number of hydrogen-bond donors (Lipinski definition) is 1. The van der Waals surface area contributed by atoms with Crippen molar-refractivity contribution in [3.63, 3.8) is 0 Å². The second-order valence-electron chi connectivity index (χ2n) is 5.13. The van der Waals surface area contributed by atoms with Crippen LogP contribution in [0.4, 0.5) is 0 Å². The molecule has 0 amide bonds. The van der Waals surface area contributed by atoms with E-state index in [-0.39, 0.29) is 0 Å². The van der Waals surface area contributed by atoms with Crippen LogP contribution in [0.15, 0.2) is 24.3 Å². The first-order valence-electron chi connectivity index (χ1n) is 6.18. The molecule has 2 N–H and O–H groups in total. The minimum Gasteiger partial charge on any atom is -0.328 e. The lowest BCUT2D eigenvalue weighted by Crippen LogP contribution is -2.29. The van der Waals surface area contributed by atoms with Crippen LogP contribution < -0.4 is 5.73 Å². The molecule has 1 fully saturated rings. The fraction of sp³-hybridized carbons (Fsp3) is 0.571. The Balaban J connectivity index is 1.89. The highest BCUT2D eigenvalue weighted by molar-refractivity contribution is 5.21. The van der Waals surface area contributed by atoms with E-state index < -0.39 is 0 Å². The van der Waals surface area contributed by atoms with Crippen LogP contribution in [0.1, 0.15) is 24.5 Å². The van der Waals surface area contributed by atoms with Crippen molar-refractivity contribution < 1.29 is 0 Å². The Morgan fingerprint density at radius 1 is 1.38 bits per heavy atom. The highest BCUT2D eigenvalue weighted by Gasteiger charge is 2.24. The Morgan fingerprint density at radius 3 is 2.62 bits per heavy atom. The molecule has 2 atom stereocenters. The Bertz CT molecular complexity index is 329. The summed E-state index contributed by atoms with van der Waals surface area (Å²) in [5.74, 6) is 0.686. The number of hydrogen-bond acceptors (Lipinski definition) is 2. The number of nitrogens with two attached hydrogens (primary N) is 1. The molecule has 1 aliphatic heterocycles. The van der Waals surface area contributed by atoms with Crippen molar-refractivity contribution in [2.45, 2.75) is 32.9 Å². The maximum absolute atomic E-state index is 5.95. The predicted molar refractivity (Wildman–Crippen MR) is 68.2 cm³/mol.